The van der Waals surface area contributed by atoms with Crippen LogP contribution < -0.4 is 4.74 Å². The predicted octanol–water partition coefficient (Wildman–Crippen LogP) is 3.13. The van der Waals surface area contributed by atoms with E-state index in [-0.39, 0.29) is 0 Å². The third-order valence-corrected chi connectivity index (χ3v) is 2.44. The average molecular weight is 189 g/mol. The first-order valence-electron chi connectivity index (χ1n) is 5.08. The zero-order valence-corrected chi connectivity index (χ0v) is 8.63. The Kier molecular flexibility index (Phi) is 2.44. The summed E-state index contributed by atoms with van der Waals surface area (Å²) >= 11 is 0. The van der Waals surface area contributed by atoms with Gasteiger partial charge in [-0.05, 0) is 25.0 Å². The molecule has 0 aliphatic carbocycles. The van der Waals surface area contributed by atoms with Crippen molar-refractivity contribution in [2.75, 3.05) is 6.61 Å². The second-order valence-corrected chi connectivity index (χ2v) is 3.28. The van der Waals surface area contributed by atoms with E-state index < -0.39 is 0 Å². The molecule has 1 N–H and O–H groups in total. The van der Waals surface area contributed by atoms with Crippen LogP contribution in [-0.2, 0) is 6.42 Å². The van der Waals surface area contributed by atoms with Crippen LogP contribution >= 0.6 is 0 Å². The minimum absolute atomic E-state index is 0.712. The normalized spacial score (nSPS) is 10.7. The second kappa shape index (κ2) is 3.74. The monoisotopic (exact) mass is 189 g/mol. The molecule has 14 heavy (non-hydrogen) atoms. The third-order valence-electron chi connectivity index (χ3n) is 2.44. The average Bonchev–Trinajstić information content (AvgIpc) is 2.62. The van der Waals surface area contributed by atoms with Crippen molar-refractivity contribution in [1.29, 1.82) is 0 Å². The topological polar surface area (TPSA) is 25.0 Å². The predicted molar refractivity (Wildman–Crippen MR) is 58.8 cm³/mol. The molecule has 0 aliphatic heterocycles. The van der Waals surface area contributed by atoms with Gasteiger partial charge in [-0.3, -0.25) is 0 Å². The number of benzene rings is 1. The van der Waals surface area contributed by atoms with Gasteiger partial charge in [0.2, 0.25) is 0 Å². The van der Waals surface area contributed by atoms with Crippen LogP contribution in [0.15, 0.2) is 24.4 Å². The van der Waals surface area contributed by atoms with Crippen molar-refractivity contribution in [2.45, 2.75) is 20.3 Å². The van der Waals surface area contributed by atoms with Crippen LogP contribution in [0.4, 0.5) is 0 Å². The number of hydrogen-bond donors (Lipinski definition) is 1. The van der Waals surface area contributed by atoms with Crippen LogP contribution in [0.25, 0.3) is 10.9 Å². The SMILES string of the molecule is CCOc1c[nH]c2c(CC)cccc12. The van der Waals surface area contributed by atoms with E-state index in [2.05, 4.69) is 30.1 Å². The molecule has 0 saturated carbocycles. The Morgan fingerprint density at radius 1 is 1.29 bits per heavy atom. The maximum absolute atomic E-state index is 5.53. The molecule has 0 bridgehead atoms. The summed E-state index contributed by atoms with van der Waals surface area (Å²) in [6.07, 6.45) is 2.98. The van der Waals surface area contributed by atoms with Crippen molar-refractivity contribution >= 4 is 10.9 Å². The molecule has 0 amide bonds. The number of hydrogen-bond acceptors (Lipinski definition) is 1. The molecule has 0 spiro atoms. The lowest BCUT2D eigenvalue weighted by molar-refractivity contribution is 0.344. The van der Waals surface area contributed by atoms with Gasteiger partial charge in [-0.15, -0.1) is 0 Å². The first kappa shape index (κ1) is 9.13. The van der Waals surface area contributed by atoms with Crippen molar-refractivity contribution in [3.8, 4) is 5.75 Å². The molecule has 2 rings (SSSR count). The van der Waals surface area contributed by atoms with E-state index in [1.165, 1.54) is 16.5 Å². The van der Waals surface area contributed by atoms with Gasteiger partial charge in [-0.25, -0.2) is 0 Å². The van der Waals surface area contributed by atoms with Crippen molar-refractivity contribution in [3.05, 3.63) is 30.0 Å². The van der Waals surface area contributed by atoms with Gasteiger partial charge in [0.05, 0.1) is 12.1 Å². The lowest BCUT2D eigenvalue weighted by atomic mass is 10.1. The molecular weight excluding hydrogens is 174 g/mol. The zero-order chi connectivity index (χ0) is 9.97. The summed E-state index contributed by atoms with van der Waals surface area (Å²) in [5, 5.41) is 1.19. The van der Waals surface area contributed by atoms with Crippen LogP contribution in [0.5, 0.6) is 5.75 Å². The molecule has 0 fully saturated rings. The lowest BCUT2D eigenvalue weighted by Gasteiger charge is -2.01. The van der Waals surface area contributed by atoms with Gasteiger partial charge in [-0.2, -0.15) is 0 Å². The van der Waals surface area contributed by atoms with E-state index in [1.807, 2.05) is 13.1 Å². The highest BCUT2D eigenvalue weighted by atomic mass is 16.5. The number of H-pyrrole nitrogens is 1. The van der Waals surface area contributed by atoms with Gasteiger partial charge < -0.3 is 9.72 Å². The summed E-state index contributed by atoms with van der Waals surface area (Å²) in [4.78, 5) is 3.27. The van der Waals surface area contributed by atoms with Crippen LogP contribution in [0.1, 0.15) is 19.4 Å². The molecule has 0 aliphatic rings. The van der Waals surface area contributed by atoms with Crippen LogP contribution in [0.3, 0.4) is 0 Å². The number of nitrogens with one attached hydrogen (secondary N) is 1. The Morgan fingerprint density at radius 2 is 2.14 bits per heavy atom. The number of aryl methyl sites for hydroxylation is 1. The largest absolute Gasteiger partial charge is 0.492 e. The molecule has 1 heterocycles. The number of rotatable bonds is 3. The molecule has 2 nitrogen and oxygen atoms in total. The highest BCUT2D eigenvalue weighted by Crippen LogP contribution is 2.27. The summed E-state index contributed by atoms with van der Waals surface area (Å²) in [7, 11) is 0. The first-order valence-corrected chi connectivity index (χ1v) is 5.08. The van der Waals surface area contributed by atoms with Gasteiger partial charge in [0, 0.05) is 11.6 Å². The molecule has 0 unspecified atom stereocenters. The number of ether oxygens (including phenoxy) is 1. The van der Waals surface area contributed by atoms with Gasteiger partial charge in [-0.1, -0.05) is 19.1 Å². The Labute approximate surface area is 83.9 Å². The second-order valence-electron chi connectivity index (χ2n) is 3.28. The van der Waals surface area contributed by atoms with Crippen molar-refractivity contribution < 1.29 is 4.74 Å². The van der Waals surface area contributed by atoms with Gasteiger partial charge >= 0.3 is 0 Å². The van der Waals surface area contributed by atoms with E-state index in [0.29, 0.717) is 6.61 Å². The number of aromatic amines is 1. The lowest BCUT2D eigenvalue weighted by Crippen LogP contribution is -1.89. The third kappa shape index (κ3) is 1.37. The highest BCUT2D eigenvalue weighted by Gasteiger charge is 2.05. The minimum Gasteiger partial charge on any atom is -0.492 e. The maximum atomic E-state index is 5.53. The van der Waals surface area contributed by atoms with E-state index in [9.17, 15) is 0 Å². The summed E-state index contributed by atoms with van der Waals surface area (Å²) in [5.74, 6) is 0.956. The molecular formula is C12H15NO. The molecule has 1 aromatic carbocycles. The van der Waals surface area contributed by atoms with Crippen molar-refractivity contribution in [2.24, 2.45) is 0 Å². The highest BCUT2D eigenvalue weighted by molar-refractivity contribution is 5.88. The molecule has 74 valence electrons. The van der Waals surface area contributed by atoms with E-state index in [1.54, 1.807) is 0 Å². The van der Waals surface area contributed by atoms with E-state index in [0.717, 1.165) is 12.2 Å². The van der Waals surface area contributed by atoms with Crippen LogP contribution in [0.2, 0.25) is 0 Å². The molecule has 2 heteroatoms. The maximum Gasteiger partial charge on any atom is 0.144 e. The van der Waals surface area contributed by atoms with E-state index in [4.69, 9.17) is 4.74 Å². The van der Waals surface area contributed by atoms with Crippen LogP contribution in [-0.4, -0.2) is 11.6 Å². The fourth-order valence-corrected chi connectivity index (χ4v) is 1.76. The first-order chi connectivity index (χ1) is 6.86. The van der Waals surface area contributed by atoms with Gasteiger partial charge in [0.15, 0.2) is 0 Å². The number of para-hydroxylation sites is 1. The standard InChI is InChI=1S/C12H15NO/c1-3-9-6-5-7-10-11(14-4-2)8-13-12(9)10/h5-8,13H,3-4H2,1-2H3. The van der Waals surface area contributed by atoms with Crippen LogP contribution in [0, 0.1) is 0 Å². The van der Waals surface area contributed by atoms with Gasteiger partial charge in [0.1, 0.15) is 5.75 Å². The van der Waals surface area contributed by atoms with E-state index >= 15 is 0 Å². The summed E-state index contributed by atoms with van der Waals surface area (Å²) in [5.41, 5.74) is 2.55. The van der Waals surface area contributed by atoms with Gasteiger partial charge in [0.25, 0.3) is 0 Å². The fraction of sp³-hybridized carbons (Fsp3) is 0.333. The summed E-state index contributed by atoms with van der Waals surface area (Å²) < 4.78 is 5.53. The number of fused-ring (bicyclic) bond motifs is 1. The Hall–Kier alpha value is -1.44. The molecule has 2 aromatic rings. The summed E-state index contributed by atoms with van der Waals surface area (Å²) in [6, 6.07) is 6.32. The summed E-state index contributed by atoms with van der Waals surface area (Å²) in [6.45, 7) is 4.88. The Bertz CT molecular complexity index is 431. The fourth-order valence-electron chi connectivity index (χ4n) is 1.76. The van der Waals surface area contributed by atoms with Crippen molar-refractivity contribution in [1.82, 2.24) is 4.98 Å². The van der Waals surface area contributed by atoms with Crippen molar-refractivity contribution in [3.63, 3.8) is 0 Å². The molecule has 0 radical (unpaired) electrons. The molecule has 0 saturated heterocycles. The Morgan fingerprint density at radius 3 is 2.86 bits per heavy atom. The molecule has 0 atom stereocenters. The zero-order valence-electron chi connectivity index (χ0n) is 8.63. The minimum atomic E-state index is 0.712. The smallest absolute Gasteiger partial charge is 0.144 e. The quantitative estimate of drug-likeness (QED) is 0.788. The molecule has 1 aromatic heterocycles. The number of aromatic nitrogens is 1. The Balaban J connectivity index is 2.57.